The van der Waals surface area contributed by atoms with Crippen LogP contribution in [-0.2, 0) is 4.74 Å². The van der Waals surface area contributed by atoms with Crippen molar-refractivity contribution in [3.8, 4) is 0 Å². The van der Waals surface area contributed by atoms with Crippen LogP contribution >= 0.6 is 0 Å². The van der Waals surface area contributed by atoms with Gasteiger partial charge in [-0.1, -0.05) is 0 Å². The van der Waals surface area contributed by atoms with Gasteiger partial charge in [-0.15, -0.1) is 0 Å². The summed E-state index contributed by atoms with van der Waals surface area (Å²) in [6.45, 7) is 6.06. The number of ether oxygens (including phenoxy) is 1. The summed E-state index contributed by atoms with van der Waals surface area (Å²) in [6.07, 6.45) is 1.36. The number of amides is 2. The van der Waals surface area contributed by atoms with Crippen LogP contribution in [0.5, 0.6) is 0 Å². The Kier molecular flexibility index (Phi) is 5.16. The number of carbonyl (C=O) groups is 2. The molecule has 0 radical (unpaired) electrons. The molecule has 3 N–H and O–H groups in total. The first-order valence-electron chi connectivity index (χ1n) is 7.89. The molecule has 132 valence electrons. The topological polar surface area (TPSA) is 109 Å². The Bertz CT molecular complexity index is 597. The number of piperidine rings is 1. The van der Waals surface area contributed by atoms with Gasteiger partial charge in [0.2, 0.25) is 0 Å². The van der Waals surface area contributed by atoms with Crippen molar-refractivity contribution in [2.45, 2.75) is 45.3 Å². The van der Waals surface area contributed by atoms with Crippen molar-refractivity contribution in [2.24, 2.45) is 0 Å². The molecule has 0 aliphatic carbocycles. The number of likely N-dealkylation sites (tertiary alicyclic amines) is 1. The van der Waals surface area contributed by atoms with Crippen LogP contribution in [0.3, 0.4) is 0 Å². The van der Waals surface area contributed by atoms with E-state index in [1.807, 2.05) is 0 Å². The van der Waals surface area contributed by atoms with E-state index in [0.29, 0.717) is 30.9 Å². The van der Waals surface area contributed by atoms with E-state index in [1.54, 1.807) is 32.9 Å². The van der Waals surface area contributed by atoms with Crippen LogP contribution < -0.4 is 10.6 Å². The first-order chi connectivity index (χ1) is 11.2. The van der Waals surface area contributed by atoms with Crippen molar-refractivity contribution < 1.29 is 19.4 Å². The Morgan fingerprint density at radius 3 is 2.67 bits per heavy atom. The SMILES string of the molecule is CC(C)(C)OC(=O)N(c1ccc(N)nc1)C1CCCN(C(=O)O)C1. The Morgan fingerprint density at radius 1 is 1.42 bits per heavy atom. The second-order valence-electron chi connectivity index (χ2n) is 6.82. The molecule has 1 aromatic heterocycles. The predicted molar refractivity (Wildman–Crippen MR) is 90.0 cm³/mol. The lowest BCUT2D eigenvalue weighted by Crippen LogP contribution is -2.52. The molecule has 2 amide bonds. The molecule has 0 spiro atoms. The van der Waals surface area contributed by atoms with Gasteiger partial charge in [-0.3, -0.25) is 4.90 Å². The van der Waals surface area contributed by atoms with Gasteiger partial charge in [0.15, 0.2) is 0 Å². The smallest absolute Gasteiger partial charge is 0.415 e. The fraction of sp³-hybridized carbons (Fsp3) is 0.562. The minimum Gasteiger partial charge on any atom is -0.465 e. The van der Waals surface area contributed by atoms with E-state index in [0.717, 1.165) is 0 Å². The molecule has 24 heavy (non-hydrogen) atoms. The highest BCUT2D eigenvalue weighted by molar-refractivity contribution is 5.88. The van der Waals surface area contributed by atoms with Crippen molar-refractivity contribution >= 4 is 23.7 Å². The normalized spacial score (nSPS) is 18.1. The second kappa shape index (κ2) is 6.94. The number of carboxylic acid groups (broad SMARTS) is 1. The molecule has 1 atom stereocenters. The maximum atomic E-state index is 12.7. The summed E-state index contributed by atoms with van der Waals surface area (Å²) in [4.78, 5) is 30.8. The molecule has 1 saturated heterocycles. The molecule has 1 fully saturated rings. The number of pyridine rings is 1. The lowest BCUT2D eigenvalue weighted by molar-refractivity contribution is 0.0541. The van der Waals surface area contributed by atoms with Gasteiger partial charge in [0.1, 0.15) is 11.4 Å². The number of hydrogen-bond acceptors (Lipinski definition) is 5. The number of nitrogens with zero attached hydrogens (tertiary/aromatic N) is 3. The molecular formula is C16H24N4O4. The van der Waals surface area contributed by atoms with Crippen molar-refractivity contribution in [3.05, 3.63) is 18.3 Å². The zero-order valence-corrected chi connectivity index (χ0v) is 14.2. The Hall–Kier alpha value is -2.51. The van der Waals surface area contributed by atoms with Gasteiger partial charge in [0.05, 0.1) is 17.9 Å². The number of anilines is 2. The summed E-state index contributed by atoms with van der Waals surface area (Å²) < 4.78 is 5.50. The fourth-order valence-corrected chi connectivity index (χ4v) is 2.66. The van der Waals surface area contributed by atoms with Crippen molar-refractivity contribution in [2.75, 3.05) is 23.7 Å². The minimum absolute atomic E-state index is 0.235. The predicted octanol–water partition coefficient (Wildman–Crippen LogP) is 2.55. The first kappa shape index (κ1) is 17.8. The summed E-state index contributed by atoms with van der Waals surface area (Å²) in [5.74, 6) is 0.346. The van der Waals surface area contributed by atoms with E-state index in [1.165, 1.54) is 16.0 Å². The average molecular weight is 336 g/mol. The lowest BCUT2D eigenvalue weighted by Gasteiger charge is -2.38. The molecule has 2 heterocycles. The van der Waals surface area contributed by atoms with Gasteiger partial charge in [-0.2, -0.15) is 0 Å². The highest BCUT2D eigenvalue weighted by Crippen LogP contribution is 2.25. The molecule has 1 aliphatic heterocycles. The molecule has 0 aromatic carbocycles. The van der Waals surface area contributed by atoms with Crippen LogP contribution in [0, 0.1) is 0 Å². The summed E-state index contributed by atoms with van der Waals surface area (Å²) in [5.41, 5.74) is 5.50. The number of nitrogens with two attached hydrogens (primary N) is 1. The second-order valence-corrected chi connectivity index (χ2v) is 6.82. The Balaban J connectivity index is 2.29. The highest BCUT2D eigenvalue weighted by Gasteiger charge is 2.34. The highest BCUT2D eigenvalue weighted by atomic mass is 16.6. The number of rotatable bonds is 2. The zero-order chi connectivity index (χ0) is 17.9. The van der Waals surface area contributed by atoms with Crippen LogP contribution in [0.4, 0.5) is 21.1 Å². The van der Waals surface area contributed by atoms with Gasteiger partial charge in [0, 0.05) is 13.1 Å². The lowest BCUT2D eigenvalue weighted by atomic mass is 10.0. The van der Waals surface area contributed by atoms with Crippen molar-refractivity contribution in [1.29, 1.82) is 0 Å². The van der Waals surface area contributed by atoms with Gasteiger partial charge >= 0.3 is 12.2 Å². The molecule has 2 rings (SSSR count). The van der Waals surface area contributed by atoms with E-state index in [9.17, 15) is 14.7 Å². The van der Waals surface area contributed by atoms with Gasteiger partial charge < -0.3 is 20.5 Å². The maximum Gasteiger partial charge on any atom is 0.415 e. The van der Waals surface area contributed by atoms with Crippen LogP contribution in [0.1, 0.15) is 33.6 Å². The molecule has 1 aromatic rings. The largest absolute Gasteiger partial charge is 0.465 e. The standard InChI is InChI=1S/C16H24N4O4/c1-16(2,3)24-15(23)20(11-6-7-13(17)18-9-11)12-5-4-8-19(10-12)14(21)22/h6-7,9,12H,4-5,8,10H2,1-3H3,(H2,17,18)(H,21,22). The number of carbonyl (C=O) groups excluding carboxylic acids is 1. The van der Waals surface area contributed by atoms with E-state index >= 15 is 0 Å². The van der Waals surface area contributed by atoms with Crippen LogP contribution in [0.15, 0.2) is 18.3 Å². The third-order valence-corrected chi connectivity index (χ3v) is 3.67. The van der Waals surface area contributed by atoms with Crippen LogP contribution in [0.2, 0.25) is 0 Å². The van der Waals surface area contributed by atoms with Gasteiger partial charge in [0.25, 0.3) is 0 Å². The Morgan fingerprint density at radius 2 is 2.12 bits per heavy atom. The third kappa shape index (κ3) is 4.50. The quantitative estimate of drug-likeness (QED) is 0.859. The van der Waals surface area contributed by atoms with Crippen molar-refractivity contribution in [3.63, 3.8) is 0 Å². The molecular weight excluding hydrogens is 312 g/mol. The summed E-state index contributed by atoms with van der Waals surface area (Å²) in [6, 6.07) is 2.98. The minimum atomic E-state index is -0.987. The van der Waals surface area contributed by atoms with E-state index < -0.39 is 17.8 Å². The van der Waals surface area contributed by atoms with Crippen LogP contribution in [0.25, 0.3) is 0 Å². The summed E-state index contributed by atoms with van der Waals surface area (Å²) >= 11 is 0. The number of hydrogen-bond donors (Lipinski definition) is 2. The summed E-state index contributed by atoms with van der Waals surface area (Å²) in [5, 5.41) is 9.23. The third-order valence-electron chi connectivity index (χ3n) is 3.67. The molecule has 8 nitrogen and oxygen atoms in total. The van der Waals surface area contributed by atoms with Crippen LogP contribution in [-0.4, -0.2) is 51.9 Å². The van der Waals surface area contributed by atoms with E-state index in [-0.39, 0.29) is 12.6 Å². The molecule has 1 aliphatic rings. The fourth-order valence-electron chi connectivity index (χ4n) is 2.66. The number of aromatic nitrogens is 1. The monoisotopic (exact) mass is 336 g/mol. The molecule has 8 heteroatoms. The van der Waals surface area contributed by atoms with E-state index in [4.69, 9.17) is 10.5 Å². The molecule has 0 bridgehead atoms. The van der Waals surface area contributed by atoms with Gasteiger partial charge in [-0.25, -0.2) is 14.6 Å². The average Bonchev–Trinajstić information content (AvgIpc) is 2.48. The maximum absolute atomic E-state index is 12.7. The van der Waals surface area contributed by atoms with E-state index in [2.05, 4.69) is 4.98 Å². The summed E-state index contributed by atoms with van der Waals surface area (Å²) in [7, 11) is 0. The Labute approximate surface area is 141 Å². The zero-order valence-electron chi connectivity index (χ0n) is 14.2. The first-order valence-corrected chi connectivity index (χ1v) is 7.89. The van der Waals surface area contributed by atoms with Crippen molar-refractivity contribution in [1.82, 2.24) is 9.88 Å². The molecule has 0 saturated carbocycles. The number of nitrogen functional groups attached to an aromatic ring is 1. The van der Waals surface area contributed by atoms with Gasteiger partial charge in [-0.05, 0) is 45.7 Å². The molecule has 1 unspecified atom stereocenters.